The summed E-state index contributed by atoms with van der Waals surface area (Å²) in [5, 5.41) is 0.729. The van der Waals surface area contributed by atoms with E-state index < -0.39 is 5.97 Å². The molecule has 4 aromatic carbocycles. The standard InChI is InChI=1S/C44H44N2O6/c1-44(2,3)32-23-31(20-27-21-37(49-4)41(51-6)38(22-27)50-5)40-35(25-32)39(34-16-9-10-17-36(34)45-40)43(48)52-33-15-11-14-29(24-33)42(47)46-19-18-28-12-7-8-13-30(28)26-46/h7-17,20-22,24,32H,18-19,23,25-26H2,1-6H3/b31-20-. The molecule has 0 saturated heterocycles. The molecule has 0 bridgehead atoms. The zero-order chi connectivity index (χ0) is 36.6. The van der Waals surface area contributed by atoms with E-state index in [1.54, 1.807) is 45.6 Å². The van der Waals surface area contributed by atoms with Crippen LogP contribution >= 0.6 is 0 Å². The maximum absolute atomic E-state index is 14.5. The third kappa shape index (κ3) is 6.73. The molecule has 0 saturated carbocycles. The fourth-order valence-corrected chi connectivity index (χ4v) is 7.46. The highest BCUT2D eigenvalue weighted by molar-refractivity contribution is 6.07. The first-order valence-electron chi connectivity index (χ1n) is 17.7. The van der Waals surface area contributed by atoms with Crippen molar-refractivity contribution in [3.8, 4) is 23.0 Å². The molecule has 0 fully saturated rings. The minimum atomic E-state index is -0.479. The van der Waals surface area contributed by atoms with Crippen molar-refractivity contribution in [1.29, 1.82) is 0 Å². The van der Waals surface area contributed by atoms with E-state index in [0.29, 0.717) is 59.2 Å². The lowest BCUT2D eigenvalue weighted by Crippen LogP contribution is -2.35. The summed E-state index contributed by atoms with van der Waals surface area (Å²) in [4.78, 5) is 35.2. The van der Waals surface area contributed by atoms with E-state index >= 15 is 0 Å². The van der Waals surface area contributed by atoms with E-state index in [-0.39, 0.29) is 17.2 Å². The Morgan fingerprint density at radius 2 is 1.54 bits per heavy atom. The van der Waals surface area contributed by atoms with Crippen molar-refractivity contribution in [2.45, 2.75) is 46.6 Å². The number of allylic oxidation sites excluding steroid dienone is 1. The van der Waals surface area contributed by atoms with Crippen LogP contribution in [0.15, 0.2) is 84.9 Å². The molecule has 1 amide bonds. The van der Waals surface area contributed by atoms with Crippen LogP contribution in [-0.2, 0) is 19.4 Å². The van der Waals surface area contributed by atoms with Gasteiger partial charge in [0.15, 0.2) is 11.5 Å². The molecule has 1 aromatic heterocycles. The lowest BCUT2D eigenvalue weighted by atomic mass is 9.69. The number of hydrogen-bond donors (Lipinski definition) is 0. The Kier molecular flexibility index (Phi) is 9.49. The number of hydrogen-bond acceptors (Lipinski definition) is 7. The molecule has 0 N–H and O–H groups in total. The zero-order valence-electron chi connectivity index (χ0n) is 30.6. The summed E-state index contributed by atoms with van der Waals surface area (Å²) < 4.78 is 23.0. The van der Waals surface area contributed by atoms with Crippen LogP contribution in [0.4, 0.5) is 0 Å². The fraction of sp³-hybridized carbons (Fsp3) is 0.295. The Balaban J connectivity index is 1.28. The Hall–Kier alpha value is -5.63. The molecule has 5 aromatic rings. The molecule has 1 atom stereocenters. The normalized spacial score (nSPS) is 16.2. The van der Waals surface area contributed by atoms with Gasteiger partial charge in [-0.05, 0) is 101 Å². The van der Waals surface area contributed by atoms with Crippen molar-refractivity contribution >= 4 is 34.4 Å². The topological polar surface area (TPSA) is 87.2 Å². The molecule has 1 aliphatic heterocycles. The number of carbonyl (C=O) groups is 2. The molecule has 2 aliphatic rings. The molecule has 0 radical (unpaired) electrons. The number of nitrogens with zero attached hydrogens (tertiary/aromatic N) is 2. The van der Waals surface area contributed by atoms with E-state index in [0.717, 1.165) is 46.2 Å². The van der Waals surface area contributed by atoms with Crippen LogP contribution in [0.5, 0.6) is 23.0 Å². The fourth-order valence-electron chi connectivity index (χ4n) is 7.46. The Morgan fingerprint density at radius 3 is 2.25 bits per heavy atom. The van der Waals surface area contributed by atoms with Gasteiger partial charge in [0.1, 0.15) is 5.75 Å². The minimum Gasteiger partial charge on any atom is -0.493 e. The molecule has 8 heteroatoms. The minimum absolute atomic E-state index is 0.0669. The lowest BCUT2D eigenvalue weighted by molar-refractivity contribution is 0.0716. The summed E-state index contributed by atoms with van der Waals surface area (Å²) in [6.07, 6.45) is 4.33. The summed E-state index contributed by atoms with van der Waals surface area (Å²) >= 11 is 0. The average Bonchev–Trinajstić information content (AvgIpc) is 3.15. The number of aromatic nitrogens is 1. The zero-order valence-corrected chi connectivity index (χ0v) is 30.6. The first-order valence-corrected chi connectivity index (χ1v) is 17.7. The number of ether oxygens (including phenoxy) is 4. The van der Waals surface area contributed by atoms with Crippen LogP contribution in [0.3, 0.4) is 0 Å². The molecule has 1 unspecified atom stereocenters. The quantitative estimate of drug-likeness (QED) is 0.124. The second-order valence-corrected chi connectivity index (χ2v) is 14.6. The van der Waals surface area contributed by atoms with Gasteiger partial charge >= 0.3 is 5.97 Å². The molecular weight excluding hydrogens is 652 g/mol. The number of rotatable bonds is 7. The van der Waals surface area contributed by atoms with Crippen molar-refractivity contribution in [1.82, 2.24) is 9.88 Å². The van der Waals surface area contributed by atoms with Crippen molar-refractivity contribution in [3.63, 3.8) is 0 Å². The van der Waals surface area contributed by atoms with Crippen LogP contribution in [-0.4, -0.2) is 49.6 Å². The number of methoxy groups -OCH3 is 3. The molecule has 52 heavy (non-hydrogen) atoms. The summed E-state index contributed by atoms with van der Waals surface area (Å²) in [6.45, 7) is 7.88. The van der Waals surface area contributed by atoms with Crippen LogP contribution in [0.2, 0.25) is 0 Å². The van der Waals surface area contributed by atoms with Crippen molar-refractivity contribution < 1.29 is 28.5 Å². The van der Waals surface area contributed by atoms with Gasteiger partial charge in [-0.2, -0.15) is 0 Å². The summed E-state index contributed by atoms with van der Waals surface area (Å²) in [6, 6.07) is 26.7. The van der Waals surface area contributed by atoms with Crippen LogP contribution in [0, 0.1) is 11.3 Å². The lowest BCUT2D eigenvalue weighted by Gasteiger charge is -2.36. The van der Waals surface area contributed by atoms with Crippen molar-refractivity contribution in [3.05, 3.63) is 124 Å². The Bertz CT molecular complexity index is 2190. The molecule has 1 aliphatic carbocycles. The largest absolute Gasteiger partial charge is 0.493 e. The molecule has 0 spiro atoms. The van der Waals surface area contributed by atoms with E-state index in [4.69, 9.17) is 23.9 Å². The predicted molar refractivity (Wildman–Crippen MR) is 203 cm³/mol. The smallest absolute Gasteiger partial charge is 0.344 e. The first-order chi connectivity index (χ1) is 25.1. The highest BCUT2D eigenvalue weighted by Gasteiger charge is 2.36. The van der Waals surface area contributed by atoms with Crippen LogP contribution in [0.25, 0.3) is 22.6 Å². The molecule has 2 heterocycles. The van der Waals surface area contributed by atoms with E-state index in [9.17, 15) is 9.59 Å². The highest BCUT2D eigenvalue weighted by atomic mass is 16.5. The third-order valence-corrected chi connectivity index (χ3v) is 10.4. The predicted octanol–water partition coefficient (Wildman–Crippen LogP) is 8.83. The van der Waals surface area contributed by atoms with Gasteiger partial charge in [0.25, 0.3) is 5.91 Å². The highest BCUT2D eigenvalue weighted by Crippen LogP contribution is 2.46. The Labute approximate surface area is 305 Å². The van der Waals surface area contributed by atoms with Gasteiger partial charge in [0.2, 0.25) is 5.75 Å². The monoisotopic (exact) mass is 696 g/mol. The number of fused-ring (bicyclic) bond motifs is 3. The van der Waals surface area contributed by atoms with Gasteiger partial charge in [-0.1, -0.05) is 69.3 Å². The maximum Gasteiger partial charge on any atom is 0.344 e. The third-order valence-electron chi connectivity index (χ3n) is 10.4. The van der Waals surface area contributed by atoms with Crippen molar-refractivity contribution in [2.24, 2.45) is 11.3 Å². The maximum atomic E-state index is 14.5. The molecule has 7 rings (SSSR count). The van der Waals surface area contributed by atoms with Gasteiger partial charge in [-0.3, -0.25) is 4.79 Å². The van der Waals surface area contributed by atoms with E-state index in [2.05, 4.69) is 39.0 Å². The first kappa shape index (κ1) is 34.8. The van der Waals surface area contributed by atoms with Gasteiger partial charge < -0.3 is 23.8 Å². The van der Waals surface area contributed by atoms with Crippen LogP contribution < -0.4 is 18.9 Å². The van der Waals surface area contributed by atoms with Crippen molar-refractivity contribution in [2.75, 3.05) is 27.9 Å². The van der Waals surface area contributed by atoms with Gasteiger partial charge in [0.05, 0.1) is 38.1 Å². The number of para-hydroxylation sites is 1. The van der Waals surface area contributed by atoms with E-state index in [1.165, 1.54) is 5.56 Å². The van der Waals surface area contributed by atoms with E-state index in [1.807, 2.05) is 53.4 Å². The summed E-state index contributed by atoms with van der Waals surface area (Å²) in [5.74, 6) is 1.58. The SMILES string of the molecule is COc1cc(/C=C2/CC(C(C)(C)C)Cc3c2nc2ccccc2c3C(=O)Oc2cccc(C(=O)N3CCc4ccccc4C3)c2)cc(OC)c1OC. The van der Waals surface area contributed by atoms with Crippen LogP contribution in [0.1, 0.15) is 75.9 Å². The van der Waals surface area contributed by atoms with Gasteiger partial charge in [-0.25, -0.2) is 9.78 Å². The number of esters is 1. The molecule has 8 nitrogen and oxygen atoms in total. The second kappa shape index (κ2) is 14.2. The number of amides is 1. The molecular formula is C44H44N2O6. The van der Waals surface area contributed by atoms with Gasteiger partial charge in [-0.15, -0.1) is 0 Å². The number of pyridine rings is 1. The number of carbonyl (C=O) groups excluding carboxylic acids is 2. The Morgan fingerprint density at radius 1 is 0.827 bits per heavy atom. The average molecular weight is 697 g/mol. The van der Waals surface area contributed by atoms with Gasteiger partial charge in [0, 0.05) is 24.0 Å². The summed E-state index contributed by atoms with van der Waals surface area (Å²) in [7, 11) is 4.79. The second-order valence-electron chi connectivity index (χ2n) is 14.6. The number of benzene rings is 4. The molecule has 266 valence electrons. The summed E-state index contributed by atoms with van der Waals surface area (Å²) in [5.41, 5.74) is 7.54.